The van der Waals surface area contributed by atoms with E-state index in [9.17, 15) is 9.59 Å². The molecule has 1 aromatic carbocycles. The molecule has 1 aromatic rings. The SMILES string of the molecule is COc1ccc(CC(=O)N2CCC(C(=O)N(C)C)CC2)cc1. The summed E-state index contributed by atoms with van der Waals surface area (Å²) in [6.07, 6.45) is 1.91. The van der Waals surface area contributed by atoms with Gasteiger partial charge in [0.1, 0.15) is 5.75 Å². The molecule has 120 valence electrons. The largest absolute Gasteiger partial charge is 0.497 e. The van der Waals surface area contributed by atoms with E-state index in [1.165, 1.54) is 0 Å². The minimum absolute atomic E-state index is 0.0556. The summed E-state index contributed by atoms with van der Waals surface area (Å²) in [5.74, 6) is 1.14. The van der Waals surface area contributed by atoms with E-state index in [-0.39, 0.29) is 17.7 Å². The van der Waals surface area contributed by atoms with Crippen molar-refractivity contribution in [2.75, 3.05) is 34.3 Å². The van der Waals surface area contributed by atoms with Gasteiger partial charge in [-0.05, 0) is 30.5 Å². The zero-order valence-electron chi connectivity index (χ0n) is 13.5. The highest BCUT2D eigenvalue weighted by atomic mass is 16.5. The fraction of sp³-hybridized carbons (Fsp3) is 0.529. The second kappa shape index (κ2) is 7.29. The first-order chi connectivity index (χ1) is 10.5. The molecule has 0 spiro atoms. The number of hydrogen-bond acceptors (Lipinski definition) is 3. The number of likely N-dealkylation sites (tertiary alicyclic amines) is 1. The van der Waals surface area contributed by atoms with Gasteiger partial charge in [-0.2, -0.15) is 0 Å². The predicted molar refractivity (Wildman–Crippen MR) is 84.7 cm³/mol. The van der Waals surface area contributed by atoms with Crippen molar-refractivity contribution in [2.45, 2.75) is 19.3 Å². The molecule has 1 heterocycles. The molecule has 1 aliphatic rings. The van der Waals surface area contributed by atoms with Crippen molar-refractivity contribution in [3.63, 3.8) is 0 Å². The Morgan fingerprint density at radius 2 is 1.77 bits per heavy atom. The molecule has 22 heavy (non-hydrogen) atoms. The van der Waals surface area contributed by atoms with Gasteiger partial charge in [-0.15, -0.1) is 0 Å². The summed E-state index contributed by atoms with van der Waals surface area (Å²) in [7, 11) is 5.19. The molecule has 1 aliphatic heterocycles. The van der Waals surface area contributed by atoms with E-state index < -0.39 is 0 Å². The van der Waals surface area contributed by atoms with Gasteiger partial charge in [0.05, 0.1) is 13.5 Å². The molecule has 0 atom stereocenters. The van der Waals surface area contributed by atoms with Gasteiger partial charge in [-0.3, -0.25) is 9.59 Å². The number of amides is 2. The van der Waals surface area contributed by atoms with Crippen molar-refractivity contribution in [2.24, 2.45) is 5.92 Å². The fourth-order valence-corrected chi connectivity index (χ4v) is 2.77. The summed E-state index contributed by atoms with van der Waals surface area (Å²) in [4.78, 5) is 27.8. The Bertz CT molecular complexity index is 517. The fourth-order valence-electron chi connectivity index (χ4n) is 2.77. The molecular formula is C17H24N2O3. The first kappa shape index (κ1) is 16.3. The van der Waals surface area contributed by atoms with Gasteiger partial charge < -0.3 is 14.5 Å². The highest BCUT2D eigenvalue weighted by molar-refractivity contribution is 5.81. The first-order valence-electron chi connectivity index (χ1n) is 7.63. The molecule has 2 rings (SSSR count). The third-order valence-corrected chi connectivity index (χ3v) is 4.15. The minimum atomic E-state index is 0.0556. The number of piperidine rings is 1. The molecule has 0 N–H and O–H groups in total. The Morgan fingerprint density at radius 3 is 2.27 bits per heavy atom. The Labute approximate surface area is 131 Å². The Kier molecular flexibility index (Phi) is 5.41. The smallest absolute Gasteiger partial charge is 0.226 e. The number of nitrogens with zero attached hydrogens (tertiary/aromatic N) is 2. The van der Waals surface area contributed by atoms with Crippen molar-refractivity contribution in [1.29, 1.82) is 0 Å². The van der Waals surface area contributed by atoms with Crippen molar-refractivity contribution in [3.05, 3.63) is 29.8 Å². The molecule has 1 saturated heterocycles. The van der Waals surface area contributed by atoms with Crippen LogP contribution in [0.2, 0.25) is 0 Å². The van der Waals surface area contributed by atoms with E-state index in [1.54, 1.807) is 26.1 Å². The molecule has 0 aliphatic carbocycles. The molecule has 0 bridgehead atoms. The molecule has 0 unspecified atom stereocenters. The Morgan fingerprint density at radius 1 is 1.18 bits per heavy atom. The molecule has 2 amide bonds. The standard InChI is InChI=1S/C17H24N2O3/c1-18(2)17(21)14-8-10-19(11-9-14)16(20)12-13-4-6-15(22-3)7-5-13/h4-7,14H,8-12H2,1-3H3. The number of rotatable bonds is 4. The molecule has 0 aromatic heterocycles. The number of carbonyl (C=O) groups excluding carboxylic acids is 2. The average Bonchev–Trinajstić information content (AvgIpc) is 2.55. The molecule has 1 fully saturated rings. The van der Waals surface area contributed by atoms with Crippen LogP contribution < -0.4 is 4.74 Å². The zero-order chi connectivity index (χ0) is 16.1. The van der Waals surface area contributed by atoms with E-state index in [4.69, 9.17) is 4.74 Å². The quantitative estimate of drug-likeness (QED) is 0.848. The topological polar surface area (TPSA) is 49.9 Å². The van der Waals surface area contributed by atoms with Crippen molar-refractivity contribution in [1.82, 2.24) is 9.80 Å². The maximum Gasteiger partial charge on any atom is 0.226 e. The number of hydrogen-bond donors (Lipinski definition) is 0. The van der Waals surface area contributed by atoms with Crippen LogP contribution in [0.3, 0.4) is 0 Å². The van der Waals surface area contributed by atoms with Crippen LogP contribution in [-0.2, 0) is 16.0 Å². The number of carbonyl (C=O) groups is 2. The third-order valence-electron chi connectivity index (χ3n) is 4.15. The van der Waals surface area contributed by atoms with Crippen molar-refractivity contribution >= 4 is 11.8 Å². The monoisotopic (exact) mass is 304 g/mol. The van der Waals surface area contributed by atoms with Crippen molar-refractivity contribution in [3.8, 4) is 5.75 Å². The molecular weight excluding hydrogens is 280 g/mol. The van der Waals surface area contributed by atoms with Gasteiger partial charge in [0.25, 0.3) is 0 Å². The van der Waals surface area contributed by atoms with E-state index in [0.717, 1.165) is 24.2 Å². The average molecular weight is 304 g/mol. The summed E-state index contributed by atoms with van der Waals surface area (Å²) in [5.41, 5.74) is 0.984. The zero-order valence-corrected chi connectivity index (χ0v) is 13.5. The van der Waals surface area contributed by atoms with Crippen LogP contribution in [0.4, 0.5) is 0 Å². The van der Waals surface area contributed by atoms with Crippen LogP contribution in [0.1, 0.15) is 18.4 Å². The molecule has 0 radical (unpaired) electrons. The van der Waals surface area contributed by atoms with Crippen LogP contribution in [0, 0.1) is 5.92 Å². The van der Waals surface area contributed by atoms with Crippen molar-refractivity contribution < 1.29 is 14.3 Å². The van der Waals surface area contributed by atoms with E-state index >= 15 is 0 Å². The number of ether oxygens (including phenoxy) is 1. The third kappa shape index (κ3) is 4.00. The molecule has 0 saturated carbocycles. The number of benzene rings is 1. The predicted octanol–water partition coefficient (Wildman–Crippen LogP) is 1.56. The highest BCUT2D eigenvalue weighted by Crippen LogP contribution is 2.20. The van der Waals surface area contributed by atoms with Gasteiger partial charge in [0, 0.05) is 33.1 Å². The maximum absolute atomic E-state index is 12.3. The van der Waals surface area contributed by atoms with Gasteiger partial charge >= 0.3 is 0 Å². The second-order valence-electron chi connectivity index (χ2n) is 5.91. The maximum atomic E-state index is 12.3. The summed E-state index contributed by atoms with van der Waals surface area (Å²) >= 11 is 0. The van der Waals surface area contributed by atoms with Crippen LogP contribution in [-0.4, -0.2) is 55.9 Å². The van der Waals surface area contributed by atoms with Crippen LogP contribution >= 0.6 is 0 Å². The first-order valence-corrected chi connectivity index (χ1v) is 7.63. The minimum Gasteiger partial charge on any atom is -0.497 e. The molecule has 5 nitrogen and oxygen atoms in total. The van der Waals surface area contributed by atoms with E-state index in [2.05, 4.69) is 0 Å². The Balaban J connectivity index is 1.85. The summed E-state index contributed by atoms with van der Waals surface area (Å²) < 4.78 is 5.11. The van der Waals surface area contributed by atoms with Crippen LogP contribution in [0.15, 0.2) is 24.3 Å². The lowest BCUT2D eigenvalue weighted by molar-refractivity contribution is -0.138. The Hall–Kier alpha value is -2.04. The highest BCUT2D eigenvalue weighted by Gasteiger charge is 2.27. The van der Waals surface area contributed by atoms with Crippen LogP contribution in [0.25, 0.3) is 0 Å². The van der Waals surface area contributed by atoms with Crippen LogP contribution in [0.5, 0.6) is 5.75 Å². The summed E-state index contributed by atoms with van der Waals surface area (Å²) in [5, 5.41) is 0. The summed E-state index contributed by atoms with van der Waals surface area (Å²) in [6.45, 7) is 1.33. The molecule has 5 heteroatoms. The van der Waals surface area contributed by atoms with Gasteiger partial charge in [-0.25, -0.2) is 0 Å². The van der Waals surface area contributed by atoms with E-state index in [0.29, 0.717) is 19.5 Å². The van der Waals surface area contributed by atoms with Gasteiger partial charge in [-0.1, -0.05) is 12.1 Å². The normalized spacial score (nSPS) is 15.5. The second-order valence-corrected chi connectivity index (χ2v) is 5.91. The lowest BCUT2D eigenvalue weighted by Gasteiger charge is -2.32. The lowest BCUT2D eigenvalue weighted by Crippen LogP contribution is -2.43. The van der Waals surface area contributed by atoms with Gasteiger partial charge in [0.15, 0.2) is 0 Å². The summed E-state index contributed by atoms with van der Waals surface area (Å²) in [6, 6.07) is 7.56. The lowest BCUT2D eigenvalue weighted by atomic mass is 9.95. The van der Waals surface area contributed by atoms with Gasteiger partial charge in [0.2, 0.25) is 11.8 Å². The number of methoxy groups -OCH3 is 1. The van der Waals surface area contributed by atoms with E-state index in [1.807, 2.05) is 29.2 Å².